The van der Waals surface area contributed by atoms with Crippen LogP contribution in [-0.2, 0) is 4.74 Å². The summed E-state index contributed by atoms with van der Waals surface area (Å²) in [7, 11) is 3.80. The monoisotopic (exact) mass is 257 g/mol. The molecule has 0 aromatic heterocycles. The van der Waals surface area contributed by atoms with Crippen LogP contribution in [0.25, 0.3) is 10.8 Å². The second-order valence-electron chi connectivity index (χ2n) is 5.21. The quantitative estimate of drug-likeness (QED) is 0.850. The Morgan fingerprint density at radius 1 is 1.11 bits per heavy atom. The summed E-state index contributed by atoms with van der Waals surface area (Å²) >= 11 is 0. The number of fused-ring (bicyclic) bond motifs is 1. The summed E-state index contributed by atoms with van der Waals surface area (Å²) in [5, 5.41) is 6.09. The lowest BCUT2D eigenvalue weighted by molar-refractivity contribution is 0.150. The van der Waals surface area contributed by atoms with Crippen molar-refractivity contribution in [1.29, 1.82) is 0 Å². The van der Waals surface area contributed by atoms with Crippen molar-refractivity contribution in [2.75, 3.05) is 20.8 Å². The van der Waals surface area contributed by atoms with Crippen molar-refractivity contribution in [3.63, 3.8) is 0 Å². The van der Waals surface area contributed by atoms with Crippen LogP contribution < -0.4 is 5.32 Å². The smallest absolute Gasteiger partial charge is 0.0488 e. The first-order valence-corrected chi connectivity index (χ1v) is 6.90. The fourth-order valence-electron chi connectivity index (χ4n) is 2.71. The summed E-state index contributed by atoms with van der Waals surface area (Å²) in [6.07, 6.45) is 1.08. The summed E-state index contributed by atoms with van der Waals surface area (Å²) in [4.78, 5) is 0. The maximum atomic E-state index is 5.24. The largest absolute Gasteiger partial charge is 0.384 e. The van der Waals surface area contributed by atoms with Gasteiger partial charge in [0, 0.05) is 19.8 Å². The minimum absolute atomic E-state index is 0.372. The van der Waals surface area contributed by atoms with Crippen molar-refractivity contribution in [2.24, 2.45) is 5.92 Å². The molecule has 2 unspecified atom stereocenters. The highest BCUT2D eigenvalue weighted by atomic mass is 16.5. The van der Waals surface area contributed by atoms with E-state index in [-0.39, 0.29) is 0 Å². The molecule has 0 aliphatic rings. The van der Waals surface area contributed by atoms with Crippen molar-refractivity contribution >= 4 is 10.8 Å². The average Bonchev–Trinajstić information content (AvgIpc) is 2.44. The number of methoxy groups -OCH3 is 1. The van der Waals surface area contributed by atoms with Crippen molar-refractivity contribution < 1.29 is 4.74 Å². The van der Waals surface area contributed by atoms with Gasteiger partial charge in [-0.3, -0.25) is 0 Å². The first kappa shape index (κ1) is 14.0. The molecule has 2 rings (SSSR count). The standard InChI is InChI=1S/C17H23NO/c1-13(12-19-3)11-17(18-2)16-10-6-8-14-7-4-5-9-15(14)16/h4-10,13,17-18H,11-12H2,1-3H3. The lowest BCUT2D eigenvalue weighted by Crippen LogP contribution is -2.21. The maximum absolute atomic E-state index is 5.24. The van der Waals surface area contributed by atoms with E-state index in [9.17, 15) is 0 Å². The van der Waals surface area contributed by atoms with Gasteiger partial charge in [0.05, 0.1) is 0 Å². The van der Waals surface area contributed by atoms with Gasteiger partial charge in [-0.05, 0) is 35.7 Å². The summed E-state index contributed by atoms with van der Waals surface area (Å²) in [6, 6.07) is 15.5. The van der Waals surface area contributed by atoms with E-state index in [0.717, 1.165) is 13.0 Å². The van der Waals surface area contributed by atoms with Gasteiger partial charge in [-0.25, -0.2) is 0 Å². The van der Waals surface area contributed by atoms with Crippen LogP contribution in [0.2, 0.25) is 0 Å². The van der Waals surface area contributed by atoms with Gasteiger partial charge in [-0.1, -0.05) is 49.4 Å². The Balaban J connectivity index is 2.30. The van der Waals surface area contributed by atoms with E-state index < -0.39 is 0 Å². The summed E-state index contributed by atoms with van der Waals surface area (Å²) in [5.74, 6) is 0.543. The zero-order valence-corrected chi connectivity index (χ0v) is 12.0. The van der Waals surface area contributed by atoms with Gasteiger partial charge in [-0.2, -0.15) is 0 Å². The Bertz CT molecular complexity index is 518. The van der Waals surface area contributed by atoms with Crippen molar-refractivity contribution in [2.45, 2.75) is 19.4 Å². The molecule has 2 nitrogen and oxygen atoms in total. The van der Waals surface area contributed by atoms with Crippen LogP contribution in [0.1, 0.15) is 24.9 Å². The molecule has 0 aliphatic carbocycles. The molecule has 0 saturated carbocycles. The SMILES string of the molecule is CNC(CC(C)COC)c1cccc2ccccc12. The molecule has 0 radical (unpaired) electrons. The summed E-state index contributed by atoms with van der Waals surface area (Å²) in [5.41, 5.74) is 1.38. The number of benzene rings is 2. The fourth-order valence-corrected chi connectivity index (χ4v) is 2.71. The topological polar surface area (TPSA) is 21.3 Å². The molecule has 0 spiro atoms. The van der Waals surface area contributed by atoms with Gasteiger partial charge in [0.25, 0.3) is 0 Å². The van der Waals surface area contributed by atoms with Crippen LogP contribution in [0.15, 0.2) is 42.5 Å². The van der Waals surface area contributed by atoms with Crippen LogP contribution in [0.5, 0.6) is 0 Å². The fraction of sp³-hybridized carbons (Fsp3) is 0.412. The predicted octanol–water partition coefficient (Wildman–Crippen LogP) is 3.77. The van der Waals surface area contributed by atoms with E-state index in [0.29, 0.717) is 12.0 Å². The van der Waals surface area contributed by atoms with Gasteiger partial charge >= 0.3 is 0 Å². The molecule has 1 N–H and O–H groups in total. The van der Waals surface area contributed by atoms with Crippen LogP contribution >= 0.6 is 0 Å². The highest BCUT2D eigenvalue weighted by Gasteiger charge is 2.15. The molecule has 2 atom stereocenters. The molecule has 102 valence electrons. The number of nitrogens with one attached hydrogen (secondary N) is 1. The van der Waals surface area contributed by atoms with E-state index in [1.165, 1.54) is 16.3 Å². The Labute approximate surface area is 115 Å². The summed E-state index contributed by atoms with van der Waals surface area (Å²) in [6.45, 7) is 3.04. The second-order valence-corrected chi connectivity index (χ2v) is 5.21. The molecule has 0 heterocycles. The number of ether oxygens (including phenoxy) is 1. The molecule has 0 saturated heterocycles. The van der Waals surface area contributed by atoms with Crippen molar-refractivity contribution in [1.82, 2.24) is 5.32 Å². The Morgan fingerprint density at radius 3 is 2.58 bits per heavy atom. The van der Waals surface area contributed by atoms with E-state index in [4.69, 9.17) is 4.74 Å². The zero-order valence-electron chi connectivity index (χ0n) is 12.0. The van der Waals surface area contributed by atoms with Gasteiger partial charge in [0.1, 0.15) is 0 Å². The number of rotatable bonds is 6. The van der Waals surface area contributed by atoms with Crippen LogP contribution in [0.3, 0.4) is 0 Å². The number of hydrogen-bond acceptors (Lipinski definition) is 2. The normalized spacial score (nSPS) is 14.5. The molecule has 2 heteroatoms. The third-order valence-corrected chi connectivity index (χ3v) is 3.64. The lowest BCUT2D eigenvalue weighted by Gasteiger charge is -2.22. The minimum atomic E-state index is 0.372. The molecular formula is C17H23NO. The second kappa shape index (κ2) is 6.69. The highest BCUT2D eigenvalue weighted by Crippen LogP contribution is 2.28. The Morgan fingerprint density at radius 2 is 1.84 bits per heavy atom. The third kappa shape index (κ3) is 3.34. The molecule has 0 amide bonds. The molecule has 0 fully saturated rings. The first-order chi connectivity index (χ1) is 9.26. The average molecular weight is 257 g/mol. The lowest BCUT2D eigenvalue weighted by atomic mass is 9.92. The van der Waals surface area contributed by atoms with Gasteiger partial charge < -0.3 is 10.1 Å². The van der Waals surface area contributed by atoms with Gasteiger partial charge in [0.15, 0.2) is 0 Å². The zero-order chi connectivity index (χ0) is 13.7. The molecule has 2 aromatic carbocycles. The molecule has 0 aliphatic heterocycles. The van der Waals surface area contributed by atoms with Crippen LogP contribution in [-0.4, -0.2) is 20.8 Å². The van der Waals surface area contributed by atoms with Gasteiger partial charge in [-0.15, -0.1) is 0 Å². The van der Waals surface area contributed by atoms with Crippen molar-refractivity contribution in [3.8, 4) is 0 Å². The molecule has 2 aromatic rings. The summed E-state index contributed by atoms with van der Waals surface area (Å²) < 4.78 is 5.24. The van der Waals surface area contributed by atoms with Crippen molar-refractivity contribution in [3.05, 3.63) is 48.0 Å². The first-order valence-electron chi connectivity index (χ1n) is 6.90. The number of hydrogen-bond donors (Lipinski definition) is 1. The Hall–Kier alpha value is -1.38. The predicted molar refractivity (Wildman–Crippen MR) is 81.4 cm³/mol. The Kier molecular flexibility index (Phi) is 4.94. The van der Waals surface area contributed by atoms with Crippen LogP contribution in [0.4, 0.5) is 0 Å². The molecule has 19 heavy (non-hydrogen) atoms. The minimum Gasteiger partial charge on any atom is -0.384 e. The van der Waals surface area contributed by atoms with E-state index in [2.05, 4.69) is 54.7 Å². The van der Waals surface area contributed by atoms with E-state index in [1.807, 2.05) is 7.05 Å². The molecule has 0 bridgehead atoms. The van der Waals surface area contributed by atoms with Crippen LogP contribution in [0, 0.1) is 5.92 Å². The highest BCUT2D eigenvalue weighted by molar-refractivity contribution is 5.86. The third-order valence-electron chi connectivity index (χ3n) is 3.64. The van der Waals surface area contributed by atoms with E-state index >= 15 is 0 Å². The van der Waals surface area contributed by atoms with Gasteiger partial charge in [0.2, 0.25) is 0 Å². The maximum Gasteiger partial charge on any atom is 0.0488 e. The van der Waals surface area contributed by atoms with E-state index in [1.54, 1.807) is 7.11 Å². The molecular weight excluding hydrogens is 234 g/mol.